The molecule has 2 aromatic carbocycles. The van der Waals surface area contributed by atoms with Crippen molar-refractivity contribution in [3.8, 4) is 0 Å². The molecule has 1 N–H and O–H groups in total. The first-order chi connectivity index (χ1) is 10.1. The Balaban J connectivity index is 1.86. The fraction of sp³-hybridized carbons (Fsp3) is 0.353. The van der Waals surface area contributed by atoms with E-state index in [0.29, 0.717) is 0 Å². The Kier molecular flexibility index (Phi) is 4.36. The predicted octanol–water partition coefficient (Wildman–Crippen LogP) is 5.04. The molecule has 0 heterocycles. The van der Waals surface area contributed by atoms with Gasteiger partial charge in [0.2, 0.25) is 0 Å². The number of amides is 1. The van der Waals surface area contributed by atoms with Crippen molar-refractivity contribution in [2.24, 2.45) is 0 Å². The molecule has 3 rings (SSSR count). The van der Waals surface area contributed by atoms with Crippen molar-refractivity contribution < 1.29 is 4.79 Å². The summed E-state index contributed by atoms with van der Waals surface area (Å²) in [7, 11) is 0. The molecule has 0 saturated heterocycles. The standard InChI is InChI=1S/C17H17Br2NO/c18-11-17(7-1-2-8-17)20-16(21)14-4-3-13-10-15(19)6-5-12(13)9-14/h3-6,9-10H,1-2,7-8,11H2,(H,20,21). The molecule has 0 atom stereocenters. The molecule has 2 nitrogen and oxygen atoms in total. The number of alkyl halides is 1. The average Bonchev–Trinajstić information content (AvgIpc) is 2.95. The second kappa shape index (κ2) is 6.09. The number of hydrogen-bond acceptors (Lipinski definition) is 1. The second-order valence-electron chi connectivity index (χ2n) is 5.78. The van der Waals surface area contributed by atoms with Gasteiger partial charge in [-0.25, -0.2) is 0 Å². The molecule has 0 radical (unpaired) electrons. The number of hydrogen-bond donors (Lipinski definition) is 1. The maximum absolute atomic E-state index is 12.5. The van der Waals surface area contributed by atoms with E-state index < -0.39 is 0 Å². The van der Waals surface area contributed by atoms with E-state index in [4.69, 9.17) is 0 Å². The second-order valence-corrected chi connectivity index (χ2v) is 7.26. The van der Waals surface area contributed by atoms with E-state index in [1.807, 2.05) is 30.3 Å². The Morgan fingerprint density at radius 2 is 1.76 bits per heavy atom. The van der Waals surface area contributed by atoms with Crippen LogP contribution in [0.2, 0.25) is 0 Å². The molecule has 1 saturated carbocycles. The van der Waals surface area contributed by atoms with Crippen molar-refractivity contribution in [1.82, 2.24) is 5.32 Å². The van der Waals surface area contributed by atoms with Crippen LogP contribution < -0.4 is 5.32 Å². The lowest BCUT2D eigenvalue weighted by Crippen LogP contribution is -2.47. The van der Waals surface area contributed by atoms with Crippen LogP contribution in [0.15, 0.2) is 40.9 Å². The molecule has 0 bridgehead atoms. The first kappa shape index (κ1) is 15.0. The van der Waals surface area contributed by atoms with Crippen LogP contribution in [0.4, 0.5) is 0 Å². The SMILES string of the molecule is O=C(NC1(CBr)CCCC1)c1ccc2cc(Br)ccc2c1. The quantitative estimate of drug-likeness (QED) is 0.705. The largest absolute Gasteiger partial charge is 0.346 e. The summed E-state index contributed by atoms with van der Waals surface area (Å²) in [5.41, 5.74) is 0.670. The molecule has 1 aliphatic rings. The Hall–Kier alpha value is -0.870. The molecule has 0 spiro atoms. The highest BCUT2D eigenvalue weighted by molar-refractivity contribution is 9.10. The van der Waals surface area contributed by atoms with Gasteiger partial charge in [-0.3, -0.25) is 4.79 Å². The third-order valence-corrected chi connectivity index (χ3v) is 5.83. The Morgan fingerprint density at radius 1 is 1.10 bits per heavy atom. The van der Waals surface area contributed by atoms with Crippen molar-refractivity contribution in [2.45, 2.75) is 31.2 Å². The van der Waals surface area contributed by atoms with E-state index in [2.05, 4.69) is 43.2 Å². The number of carbonyl (C=O) groups excluding carboxylic acids is 1. The average molecular weight is 411 g/mol. The molecule has 21 heavy (non-hydrogen) atoms. The van der Waals surface area contributed by atoms with E-state index in [1.165, 1.54) is 12.8 Å². The molecule has 0 aliphatic heterocycles. The summed E-state index contributed by atoms with van der Waals surface area (Å²) in [5, 5.41) is 6.29. The van der Waals surface area contributed by atoms with Gasteiger partial charge in [0, 0.05) is 15.4 Å². The molecular weight excluding hydrogens is 394 g/mol. The van der Waals surface area contributed by atoms with Gasteiger partial charge in [-0.05, 0) is 47.9 Å². The first-order valence-corrected chi connectivity index (χ1v) is 9.11. The Bertz CT molecular complexity index is 678. The predicted molar refractivity (Wildman–Crippen MR) is 94.1 cm³/mol. The Morgan fingerprint density at radius 3 is 2.48 bits per heavy atom. The third kappa shape index (κ3) is 3.16. The van der Waals surface area contributed by atoms with Crippen molar-refractivity contribution in [3.05, 3.63) is 46.4 Å². The highest BCUT2D eigenvalue weighted by Gasteiger charge is 2.34. The number of carbonyl (C=O) groups is 1. The molecular formula is C17H17Br2NO. The summed E-state index contributed by atoms with van der Waals surface area (Å²) in [6.07, 6.45) is 4.50. The molecule has 110 valence electrons. The Labute approximate surface area is 141 Å². The van der Waals surface area contributed by atoms with Gasteiger partial charge in [0.05, 0.1) is 5.54 Å². The maximum atomic E-state index is 12.5. The first-order valence-electron chi connectivity index (χ1n) is 7.20. The van der Waals surface area contributed by atoms with Crippen LogP contribution in [0.3, 0.4) is 0 Å². The van der Waals surface area contributed by atoms with Crippen LogP contribution in [0, 0.1) is 0 Å². The summed E-state index contributed by atoms with van der Waals surface area (Å²) < 4.78 is 1.05. The van der Waals surface area contributed by atoms with Gasteiger partial charge in [-0.1, -0.05) is 56.8 Å². The van der Waals surface area contributed by atoms with E-state index in [9.17, 15) is 4.79 Å². The molecule has 0 aromatic heterocycles. The fourth-order valence-corrected chi connectivity index (χ4v) is 4.09. The van der Waals surface area contributed by atoms with Crippen LogP contribution in [-0.4, -0.2) is 16.8 Å². The highest BCUT2D eigenvalue weighted by Crippen LogP contribution is 2.31. The summed E-state index contributed by atoms with van der Waals surface area (Å²) in [4.78, 5) is 12.5. The van der Waals surface area contributed by atoms with Gasteiger partial charge in [-0.2, -0.15) is 0 Å². The topological polar surface area (TPSA) is 29.1 Å². The highest BCUT2D eigenvalue weighted by atomic mass is 79.9. The molecule has 2 aromatic rings. The van der Waals surface area contributed by atoms with Gasteiger partial charge in [-0.15, -0.1) is 0 Å². The van der Waals surface area contributed by atoms with Crippen molar-refractivity contribution in [1.29, 1.82) is 0 Å². The van der Waals surface area contributed by atoms with Crippen molar-refractivity contribution in [2.75, 3.05) is 5.33 Å². The zero-order chi connectivity index (χ0) is 14.9. The number of halogens is 2. The van der Waals surface area contributed by atoms with Gasteiger partial charge < -0.3 is 5.32 Å². The zero-order valence-corrected chi connectivity index (χ0v) is 14.8. The summed E-state index contributed by atoms with van der Waals surface area (Å²) in [6.45, 7) is 0. The third-order valence-electron chi connectivity index (χ3n) is 4.26. The lowest BCUT2D eigenvalue weighted by atomic mass is 9.99. The van der Waals surface area contributed by atoms with Crippen LogP contribution in [0.1, 0.15) is 36.0 Å². The normalized spacial score (nSPS) is 17.0. The molecule has 0 unspecified atom stereocenters. The van der Waals surface area contributed by atoms with Crippen molar-refractivity contribution in [3.63, 3.8) is 0 Å². The number of benzene rings is 2. The van der Waals surface area contributed by atoms with E-state index in [1.54, 1.807) is 0 Å². The molecule has 4 heteroatoms. The van der Waals surface area contributed by atoms with Gasteiger partial charge in [0.25, 0.3) is 5.91 Å². The zero-order valence-electron chi connectivity index (χ0n) is 11.7. The van der Waals surface area contributed by atoms with Gasteiger partial charge in [0.1, 0.15) is 0 Å². The summed E-state index contributed by atoms with van der Waals surface area (Å²) in [5.74, 6) is 0.0289. The minimum Gasteiger partial charge on any atom is -0.346 e. The minimum absolute atomic E-state index is 0.0289. The molecule has 1 aliphatic carbocycles. The van der Waals surface area contributed by atoms with Crippen molar-refractivity contribution >= 4 is 48.5 Å². The van der Waals surface area contributed by atoms with Crippen LogP contribution >= 0.6 is 31.9 Å². The van der Waals surface area contributed by atoms with E-state index >= 15 is 0 Å². The lowest BCUT2D eigenvalue weighted by Gasteiger charge is -2.28. The monoisotopic (exact) mass is 409 g/mol. The lowest BCUT2D eigenvalue weighted by molar-refractivity contribution is 0.0910. The molecule has 1 amide bonds. The van der Waals surface area contributed by atoms with Crippen LogP contribution in [0.5, 0.6) is 0 Å². The van der Waals surface area contributed by atoms with Gasteiger partial charge >= 0.3 is 0 Å². The molecule has 1 fully saturated rings. The number of nitrogens with one attached hydrogen (secondary N) is 1. The fourth-order valence-electron chi connectivity index (χ4n) is 3.01. The number of rotatable bonds is 3. The smallest absolute Gasteiger partial charge is 0.251 e. The van der Waals surface area contributed by atoms with Crippen LogP contribution in [-0.2, 0) is 0 Å². The summed E-state index contributed by atoms with van der Waals surface area (Å²) in [6, 6.07) is 12.0. The summed E-state index contributed by atoms with van der Waals surface area (Å²) >= 11 is 7.03. The minimum atomic E-state index is -0.0637. The van der Waals surface area contributed by atoms with E-state index in [0.717, 1.165) is 39.0 Å². The maximum Gasteiger partial charge on any atom is 0.251 e. The van der Waals surface area contributed by atoms with E-state index in [-0.39, 0.29) is 11.4 Å². The van der Waals surface area contributed by atoms with Crippen LogP contribution in [0.25, 0.3) is 10.8 Å². The number of fused-ring (bicyclic) bond motifs is 1. The van der Waals surface area contributed by atoms with Gasteiger partial charge in [0.15, 0.2) is 0 Å².